The van der Waals surface area contributed by atoms with E-state index in [0.717, 1.165) is 44.5 Å². The van der Waals surface area contributed by atoms with E-state index in [9.17, 15) is 14.4 Å². The highest BCUT2D eigenvalue weighted by Crippen LogP contribution is 2.24. The van der Waals surface area contributed by atoms with Gasteiger partial charge in [0.15, 0.2) is 0 Å². The molecule has 0 bridgehead atoms. The van der Waals surface area contributed by atoms with Crippen molar-refractivity contribution in [1.82, 2.24) is 25.4 Å². The van der Waals surface area contributed by atoms with Crippen LogP contribution in [-0.2, 0) is 16.1 Å². The van der Waals surface area contributed by atoms with Crippen molar-refractivity contribution in [3.05, 3.63) is 30.1 Å². The molecule has 0 unspecified atom stereocenters. The van der Waals surface area contributed by atoms with Gasteiger partial charge in [-0.3, -0.25) is 19.5 Å². The van der Waals surface area contributed by atoms with Crippen molar-refractivity contribution in [2.24, 2.45) is 11.7 Å². The molecule has 29 heavy (non-hydrogen) atoms. The number of nitrogens with one attached hydrogen (secondary N) is 2. The molecule has 0 aromatic carbocycles. The smallest absolute Gasteiger partial charge is 0.312 e. The second-order valence-corrected chi connectivity index (χ2v) is 7.70. The van der Waals surface area contributed by atoms with Crippen LogP contribution in [0.5, 0.6) is 0 Å². The van der Waals surface area contributed by atoms with Crippen LogP contribution in [0.1, 0.15) is 31.4 Å². The summed E-state index contributed by atoms with van der Waals surface area (Å²) in [6.07, 6.45) is 5.39. The highest BCUT2D eigenvalue weighted by atomic mass is 16.2. The first-order valence-corrected chi connectivity index (χ1v) is 10.3. The molecule has 0 aliphatic carbocycles. The molecule has 4 amide bonds. The van der Waals surface area contributed by atoms with Crippen LogP contribution in [0.25, 0.3) is 0 Å². The average Bonchev–Trinajstić information content (AvgIpc) is 2.76. The summed E-state index contributed by atoms with van der Waals surface area (Å²) in [5, 5.41) is 5.36. The van der Waals surface area contributed by atoms with E-state index in [4.69, 9.17) is 5.73 Å². The summed E-state index contributed by atoms with van der Waals surface area (Å²) < 4.78 is 0. The van der Waals surface area contributed by atoms with Crippen LogP contribution in [0, 0.1) is 5.92 Å². The van der Waals surface area contributed by atoms with E-state index in [1.807, 2.05) is 18.2 Å². The van der Waals surface area contributed by atoms with Crippen molar-refractivity contribution >= 4 is 17.8 Å². The zero-order valence-corrected chi connectivity index (χ0v) is 16.7. The zero-order valence-electron chi connectivity index (χ0n) is 16.7. The Labute approximate surface area is 171 Å². The number of hydrogen-bond acceptors (Lipinski definition) is 5. The van der Waals surface area contributed by atoms with Gasteiger partial charge >= 0.3 is 6.03 Å². The van der Waals surface area contributed by atoms with E-state index >= 15 is 0 Å². The molecule has 1 atom stereocenters. The van der Waals surface area contributed by atoms with E-state index < -0.39 is 6.03 Å². The maximum absolute atomic E-state index is 12.6. The number of likely N-dealkylation sites (tertiary alicyclic amines) is 2. The minimum Gasteiger partial charge on any atom is -0.352 e. The minimum atomic E-state index is -0.686. The van der Waals surface area contributed by atoms with Crippen LogP contribution in [0.4, 0.5) is 4.79 Å². The lowest BCUT2D eigenvalue weighted by Crippen LogP contribution is -2.52. The molecule has 2 fully saturated rings. The highest BCUT2D eigenvalue weighted by Gasteiger charge is 2.32. The van der Waals surface area contributed by atoms with Crippen molar-refractivity contribution in [1.29, 1.82) is 0 Å². The number of amides is 4. The van der Waals surface area contributed by atoms with E-state index in [2.05, 4.69) is 20.5 Å². The van der Waals surface area contributed by atoms with Crippen LogP contribution < -0.4 is 16.4 Å². The summed E-state index contributed by atoms with van der Waals surface area (Å²) in [6.45, 7) is 3.48. The lowest BCUT2D eigenvalue weighted by molar-refractivity contribution is -0.131. The number of nitrogens with zero attached hydrogens (tertiary/aromatic N) is 3. The molecule has 0 spiro atoms. The van der Waals surface area contributed by atoms with Crippen LogP contribution >= 0.6 is 0 Å². The predicted molar refractivity (Wildman–Crippen MR) is 108 cm³/mol. The molecule has 1 aromatic heterocycles. The first kappa shape index (κ1) is 21.0. The number of nitrogens with two attached hydrogens (primary N) is 1. The van der Waals surface area contributed by atoms with Crippen molar-refractivity contribution < 1.29 is 14.4 Å². The lowest BCUT2D eigenvalue weighted by Gasteiger charge is -2.42. The standard InChI is InChI=1S/C20H30N6O3/c21-20(29)24-13-18(27)25-10-6-17(7-11-25)26-9-3-4-15(14-26)19(28)23-12-16-5-1-2-8-22-16/h1-2,5,8,15,17H,3-4,6-7,9-14H2,(H,23,28)(H3,21,24,29)/t15-/m0/s1. The van der Waals surface area contributed by atoms with Crippen molar-refractivity contribution in [2.45, 2.75) is 38.3 Å². The SMILES string of the molecule is NC(=O)NCC(=O)N1CCC(N2CCC[C@H](C(=O)NCc3ccccn3)C2)CC1. The fourth-order valence-electron chi connectivity index (χ4n) is 4.13. The number of primary amides is 1. The van der Waals surface area contributed by atoms with Gasteiger partial charge in [-0.05, 0) is 44.4 Å². The number of urea groups is 1. The highest BCUT2D eigenvalue weighted by molar-refractivity contribution is 5.83. The Hall–Kier alpha value is -2.68. The van der Waals surface area contributed by atoms with Gasteiger partial charge in [-0.15, -0.1) is 0 Å². The zero-order chi connectivity index (χ0) is 20.6. The summed E-state index contributed by atoms with van der Waals surface area (Å²) in [4.78, 5) is 43.9. The maximum atomic E-state index is 12.6. The minimum absolute atomic E-state index is 0.00751. The number of hydrogen-bond donors (Lipinski definition) is 3. The largest absolute Gasteiger partial charge is 0.352 e. The first-order valence-electron chi connectivity index (χ1n) is 10.3. The van der Waals surface area contributed by atoms with Gasteiger partial charge in [0.25, 0.3) is 0 Å². The molecule has 2 aliphatic heterocycles. The molecule has 2 aliphatic rings. The van der Waals surface area contributed by atoms with Crippen LogP contribution in [-0.4, -0.2) is 71.4 Å². The fourth-order valence-corrected chi connectivity index (χ4v) is 4.13. The Morgan fingerprint density at radius 1 is 1.10 bits per heavy atom. The fraction of sp³-hybridized carbons (Fsp3) is 0.600. The van der Waals surface area contributed by atoms with Gasteiger partial charge in [0.05, 0.1) is 24.7 Å². The number of carbonyl (C=O) groups is 3. The quantitative estimate of drug-likeness (QED) is 0.622. The molecule has 9 heteroatoms. The number of aromatic nitrogens is 1. The second kappa shape index (κ2) is 10.2. The number of piperidine rings is 2. The van der Waals surface area contributed by atoms with Crippen LogP contribution in [0.3, 0.4) is 0 Å². The monoisotopic (exact) mass is 402 g/mol. The second-order valence-electron chi connectivity index (χ2n) is 7.70. The third-order valence-corrected chi connectivity index (χ3v) is 5.74. The van der Waals surface area contributed by atoms with Gasteiger partial charge in [-0.2, -0.15) is 0 Å². The van der Waals surface area contributed by atoms with Gasteiger partial charge in [-0.25, -0.2) is 4.79 Å². The summed E-state index contributed by atoms with van der Waals surface area (Å²) in [5.41, 5.74) is 5.88. The van der Waals surface area contributed by atoms with E-state index in [0.29, 0.717) is 25.7 Å². The summed E-state index contributed by atoms with van der Waals surface area (Å²) in [5.74, 6) is -0.0231. The molecule has 0 saturated carbocycles. The molecule has 2 saturated heterocycles. The summed E-state index contributed by atoms with van der Waals surface area (Å²) in [6, 6.07) is 5.38. The topological polar surface area (TPSA) is 121 Å². The third-order valence-electron chi connectivity index (χ3n) is 5.74. The Morgan fingerprint density at radius 3 is 2.59 bits per heavy atom. The van der Waals surface area contributed by atoms with Gasteiger partial charge < -0.3 is 21.3 Å². The molecule has 9 nitrogen and oxygen atoms in total. The Bertz CT molecular complexity index is 705. The summed E-state index contributed by atoms with van der Waals surface area (Å²) in [7, 11) is 0. The summed E-state index contributed by atoms with van der Waals surface area (Å²) >= 11 is 0. The Kier molecular flexibility index (Phi) is 7.40. The molecular weight excluding hydrogens is 372 g/mol. The Morgan fingerprint density at radius 2 is 1.90 bits per heavy atom. The lowest BCUT2D eigenvalue weighted by atomic mass is 9.93. The first-order chi connectivity index (χ1) is 14.0. The molecule has 1 aromatic rings. The van der Waals surface area contributed by atoms with Gasteiger partial charge in [0, 0.05) is 31.9 Å². The van der Waals surface area contributed by atoms with E-state index in [1.54, 1.807) is 11.1 Å². The van der Waals surface area contributed by atoms with E-state index in [1.165, 1.54) is 0 Å². The van der Waals surface area contributed by atoms with E-state index in [-0.39, 0.29) is 24.3 Å². The third kappa shape index (κ3) is 6.15. The van der Waals surface area contributed by atoms with Crippen molar-refractivity contribution in [3.8, 4) is 0 Å². The number of pyridine rings is 1. The van der Waals surface area contributed by atoms with Crippen LogP contribution in [0.2, 0.25) is 0 Å². The molecule has 0 radical (unpaired) electrons. The van der Waals surface area contributed by atoms with Gasteiger partial charge in [0.1, 0.15) is 0 Å². The maximum Gasteiger partial charge on any atom is 0.312 e. The predicted octanol–water partition coefficient (Wildman–Crippen LogP) is 0.0691. The Balaban J connectivity index is 1.43. The normalized spacial score (nSPS) is 20.8. The molecule has 158 valence electrons. The van der Waals surface area contributed by atoms with Crippen molar-refractivity contribution in [2.75, 3.05) is 32.7 Å². The number of carbonyl (C=O) groups excluding carboxylic acids is 3. The molecule has 4 N–H and O–H groups in total. The molecule has 3 rings (SSSR count). The molecular formula is C20H30N6O3. The van der Waals surface area contributed by atoms with Crippen molar-refractivity contribution in [3.63, 3.8) is 0 Å². The molecule has 3 heterocycles. The van der Waals surface area contributed by atoms with Gasteiger partial charge in [-0.1, -0.05) is 6.07 Å². The number of rotatable bonds is 6. The average molecular weight is 402 g/mol. The van der Waals surface area contributed by atoms with Gasteiger partial charge in [0.2, 0.25) is 11.8 Å². The van der Waals surface area contributed by atoms with Crippen LogP contribution in [0.15, 0.2) is 24.4 Å².